The van der Waals surface area contributed by atoms with Crippen LogP contribution in [0.3, 0.4) is 0 Å². The normalized spacial score (nSPS) is 14.5. The van der Waals surface area contributed by atoms with E-state index < -0.39 is 0 Å². The second kappa shape index (κ2) is 5.12. The van der Waals surface area contributed by atoms with Crippen molar-refractivity contribution < 1.29 is 4.79 Å². The molecule has 5 heteroatoms. The van der Waals surface area contributed by atoms with E-state index in [0.717, 1.165) is 30.0 Å². The second-order valence-electron chi connectivity index (χ2n) is 4.42. The first-order valence-corrected chi connectivity index (χ1v) is 5.98. The summed E-state index contributed by atoms with van der Waals surface area (Å²) in [5.74, 6) is 1.21. The van der Waals surface area contributed by atoms with Crippen LogP contribution in [0.15, 0.2) is 6.20 Å². The van der Waals surface area contributed by atoms with Crippen molar-refractivity contribution in [1.82, 2.24) is 15.3 Å². The van der Waals surface area contributed by atoms with Crippen LogP contribution < -0.4 is 10.6 Å². The van der Waals surface area contributed by atoms with Crippen molar-refractivity contribution in [3.63, 3.8) is 0 Å². The molecular weight excluding hydrogens is 216 g/mol. The molecule has 5 nitrogen and oxygen atoms in total. The number of aromatic nitrogens is 2. The molecule has 0 atom stereocenters. The zero-order valence-corrected chi connectivity index (χ0v) is 10.3. The lowest BCUT2D eigenvalue weighted by Crippen LogP contribution is -2.30. The molecule has 2 N–H and O–H groups in total. The van der Waals surface area contributed by atoms with Crippen LogP contribution in [0, 0.1) is 19.8 Å². The summed E-state index contributed by atoms with van der Waals surface area (Å²) in [5.41, 5.74) is 1.87. The molecule has 1 aromatic rings. The summed E-state index contributed by atoms with van der Waals surface area (Å²) in [7, 11) is 0. The quantitative estimate of drug-likeness (QED) is 0.747. The minimum absolute atomic E-state index is 0.179. The third-order valence-corrected chi connectivity index (χ3v) is 2.87. The smallest absolute Gasteiger partial charge is 0.223 e. The van der Waals surface area contributed by atoms with Crippen LogP contribution >= 0.6 is 0 Å². The van der Waals surface area contributed by atoms with Crippen molar-refractivity contribution in [3.8, 4) is 0 Å². The van der Waals surface area contributed by atoms with Crippen molar-refractivity contribution in [1.29, 1.82) is 0 Å². The third-order valence-electron chi connectivity index (χ3n) is 2.87. The first-order chi connectivity index (χ1) is 8.16. The first-order valence-electron chi connectivity index (χ1n) is 5.98. The van der Waals surface area contributed by atoms with Crippen LogP contribution in [0.25, 0.3) is 0 Å². The number of nitrogens with zero attached hydrogens (tertiary/aromatic N) is 2. The van der Waals surface area contributed by atoms with E-state index in [1.807, 2.05) is 13.8 Å². The van der Waals surface area contributed by atoms with Crippen LogP contribution in [0.1, 0.15) is 24.2 Å². The fraction of sp³-hybridized carbons (Fsp3) is 0.583. The number of anilines is 1. The summed E-state index contributed by atoms with van der Waals surface area (Å²) in [6, 6.07) is 0. The minimum atomic E-state index is 0.179. The Bertz CT molecular complexity index is 415. The average Bonchev–Trinajstić information content (AvgIpc) is 3.13. The average molecular weight is 234 g/mol. The summed E-state index contributed by atoms with van der Waals surface area (Å²) in [6.07, 6.45) is 3.80. The number of aryl methyl sites for hydroxylation is 2. The van der Waals surface area contributed by atoms with Crippen LogP contribution in [0.2, 0.25) is 0 Å². The van der Waals surface area contributed by atoms with E-state index in [0.29, 0.717) is 13.1 Å². The number of carbonyl (C=O) groups is 1. The molecule has 17 heavy (non-hydrogen) atoms. The standard InChI is InChI=1S/C12H18N4O/c1-8-9(2)16-11(7-15-8)13-5-6-14-12(17)10-3-4-10/h7,10H,3-6H2,1-2H3,(H,13,16)(H,14,17). The number of rotatable bonds is 5. The highest BCUT2D eigenvalue weighted by Gasteiger charge is 2.28. The lowest BCUT2D eigenvalue weighted by molar-refractivity contribution is -0.122. The molecule has 2 rings (SSSR count). The van der Waals surface area contributed by atoms with E-state index in [9.17, 15) is 4.79 Å². The van der Waals surface area contributed by atoms with Crippen molar-refractivity contribution >= 4 is 11.7 Å². The van der Waals surface area contributed by atoms with Gasteiger partial charge in [-0.25, -0.2) is 4.98 Å². The van der Waals surface area contributed by atoms with Gasteiger partial charge in [0.25, 0.3) is 0 Å². The van der Waals surface area contributed by atoms with Gasteiger partial charge in [-0.2, -0.15) is 0 Å². The van der Waals surface area contributed by atoms with Gasteiger partial charge in [-0.1, -0.05) is 0 Å². The monoisotopic (exact) mass is 234 g/mol. The molecule has 0 spiro atoms. The lowest BCUT2D eigenvalue weighted by atomic mass is 10.3. The summed E-state index contributed by atoms with van der Waals surface area (Å²) in [5, 5.41) is 6.03. The van der Waals surface area contributed by atoms with Crippen molar-refractivity contribution in [2.75, 3.05) is 18.4 Å². The van der Waals surface area contributed by atoms with E-state index in [4.69, 9.17) is 0 Å². The van der Waals surface area contributed by atoms with Crippen molar-refractivity contribution in [2.24, 2.45) is 5.92 Å². The number of amides is 1. The van der Waals surface area contributed by atoms with Crippen molar-refractivity contribution in [3.05, 3.63) is 17.6 Å². The molecule has 0 unspecified atom stereocenters. The summed E-state index contributed by atoms with van der Waals surface area (Å²) in [4.78, 5) is 19.9. The Morgan fingerprint density at radius 1 is 1.35 bits per heavy atom. The molecular formula is C12H18N4O. The fourth-order valence-electron chi connectivity index (χ4n) is 1.49. The van der Waals surface area contributed by atoms with Gasteiger partial charge in [0.05, 0.1) is 17.6 Å². The Hall–Kier alpha value is -1.65. The Balaban J connectivity index is 1.70. The molecule has 1 aliphatic carbocycles. The number of hydrogen-bond acceptors (Lipinski definition) is 4. The molecule has 0 aliphatic heterocycles. The molecule has 92 valence electrons. The molecule has 0 aromatic carbocycles. The Kier molecular flexibility index (Phi) is 3.56. The Morgan fingerprint density at radius 2 is 2.12 bits per heavy atom. The molecule has 0 bridgehead atoms. The van der Waals surface area contributed by atoms with Gasteiger partial charge in [0.15, 0.2) is 0 Å². The molecule has 0 saturated heterocycles. The Morgan fingerprint density at radius 3 is 2.76 bits per heavy atom. The van der Waals surface area contributed by atoms with Gasteiger partial charge in [-0.15, -0.1) is 0 Å². The largest absolute Gasteiger partial charge is 0.367 e. The zero-order valence-electron chi connectivity index (χ0n) is 10.3. The molecule has 1 aliphatic rings. The summed E-state index contributed by atoms with van der Waals surface area (Å²) in [6.45, 7) is 5.17. The van der Waals surface area contributed by atoms with Gasteiger partial charge in [-0.05, 0) is 26.7 Å². The maximum atomic E-state index is 11.3. The van der Waals surface area contributed by atoms with E-state index >= 15 is 0 Å². The predicted octanol–water partition coefficient (Wildman–Crippen LogP) is 1.03. The van der Waals surface area contributed by atoms with Gasteiger partial charge < -0.3 is 10.6 Å². The van der Waals surface area contributed by atoms with Crippen LogP contribution in [0.5, 0.6) is 0 Å². The van der Waals surface area contributed by atoms with Gasteiger partial charge in [0.2, 0.25) is 5.91 Å². The Labute approximate surface area is 101 Å². The summed E-state index contributed by atoms with van der Waals surface area (Å²) >= 11 is 0. The van der Waals surface area contributed by atoms with Crippen molar-refractivity contribution in [2.45, 2.75) is 26.7 Å². The van der Waals surface area contributed by atoms with Crippen LogP contribution in [-0.4, -0.2) is 29.0 Å². The van der Waals surface area contributed by atoms with Crippen LogP contribution in [0.4, 0.5) is 5.82 Å². The molecule has 1 saturated carbocycles. The number of nitrogens with one attached hydrogen (secondary N) is 2. The molecule has 1 heterocycles. The molecule has 1 aromatic heterocycles. The number of carbonyl (C=O) groups excluding carboxylic acids is 1. The predicted molar refractivity (Wildman–Crippen MR) is 65.7 cm³/mol. The fourth-order valence-corrected chi connectivity index (χ4v) is 1.49. The van der Waals surface area contributed by atoms with E-state index in [1.54, 1.807) is 6.20 Å². The highest BCUT2D eigenvalue weighted by molar-refractivity contribution is 5.80. The molecule has 1 fully saturated rings. The second-order valence-corrected chi connectivity index (χ2v) is 4.42. The SMILES string of the molecule is Cc1ncc(NCCNC(=O)C2CC2)nc1C. The third kappa shape index (κ3) is 3.41. The highest BCUT2D eigenvalue weighted by Crippen LogP contribution is 2.28. The zero-order chi connectivity index (χ0) is 12.3. The molecule has 0 radical (unpaired) electrons. The van der Waals surface area contributed by atoms with Gasteiger partial charge in [0.1, 0.15) is 5.82 Å². The van der Waals surface area contributed by atoms with Gasteiger partial charge in [-0.3, -0.25) is 9.78 Å². The van der Waals surface area contributed by atoms with Gasteiger partial charge >= 0.3 is 0 Å². The topological polar surface area (TPSA) is 66.9 Å². The van der Waals surface area contributed by atoms with Crippen LogP contribution in [-0.2, 0) is 4.79 Å². The maximum absolute atomic E-state index is 11.3. The van der Waals surface area contributed by atoms with E-state index in [1.165, 1.54) is 0 Å². The van der Waals surface area contributed by atoms with E-state index in [2.05, 4.69) is 20.6 Å². The van der Waals surface area contributed by atoms with E-state index in [-0.39, 0.29) is 11.8 Å². The summed E-state index contributed by atoms with van der Waals surface area (Å²) < 4.78 is 0. The maximum Gasteiger partial charge on any atom is 0.223 e. The molecule has 1 amide bonds. The highest BCUT2D eigenvalue weighted by atomic mass is 16.2. The first kappa shape index (κ1) is 11.8. The number of hydrogen-bond donors (Lipinski definition) is 2. The lowest BCUT2D eigenvalue weighted by Gasteiger charge is -2.08. The minimum Gasteiger partial charge on any atom is -0.367 e. The van der Waals surface area contributed by atoms with Gasteiger partial charge in [0, 0.05) is 19.0 Å².